The number of H-pyrrole nitrogens is 1. The summed E-state index contributed by atoms with van der Waals surface area (Å²) in [6, 6.07) is 17.0. The maximum Gasteiger partial charge on any atom is 0.193 e. The van der Waals surface area contributed by atoms with E-state index in [0.29, 0.717) is 0 Å². The highest BCUT2D eigenvalue weighted by Gasteiger charge is 2.08. The van der Waals surface area contributed by atoms with E-state index >= 15 is 0 Å². The first-order valence-electron chi connectivity index (χ1n) is 9.24. The fraction of sp³-hybridized carbons (Fsp3) is 0.273. The summed E-state index contributed by atoms with van der Waals surface area (Å²) in [5, 5.41) is 2.62. The van der Waals surface area contributed by atoms with Crippen LogP contribution in [-0.4, -0.2) is 4.98 Å². The lowest BCUT2D eigenvalue weighted by Gasteiger charge is -1.99. The van der Waals surface area contributed by atoms with Crippen LogP contribution >= 0.6 is 0 Å². The van der Waals surface area contributed by atoms with Gasteiger partial charge in [-0.3, -0.25) is 0 Å². The van der Waals surface area contributed by atoms with Crippen LogP contribution in [0.2, 0.25) is 0 Å². The van der Waals surface area contributed by atoms with Gasteiger partial charge in [0.1, 0.15) is 18.6 Å². The van der Waals surface area contributed by atoms with E-state index in [0.717, 1.165) is 13.1 Å². The molecule has 0 fully saturated rings. The van der Waals surface area contributed by atoms with Crippen LogP contribution in [-0.2, 0) is 13.1 Å². The van der Waals surface area contributed by atoms with Crippen LogP contribution in [0.1, 0.15) is 25.7 Å². The minimum absolute atomic E-state index is 0. The average Bonchev–Trinajstić information content (AvgIpc) is 3.03. The molecule has 0 radical (unpaired) electrons. The van der Waals surface area contributed by atoms with Crippen molar-refractivity contribution >= 4 is 21.8 Å². The third kappa shape index (κ3) is 5.39. The zero-order chi connectivity index (χ0) is 16.9. The Morgan fingerprint density at radius 1 is 0.593 bits per heavy atom. The molecule has 3 aromatic heterocycles. The number of fused-ring (bicyclic) bond motifs is 3. The number of aromatic amines is 1. The summed E-state index contributed by atoms with van der Waals surface area (Å²) in [4.78, 5) is 3.52. The molecule has 0 aliphatic rings. The highest BCUT2D eigenvalue weighted by Crippen LogP contribution is 2.23. The van der Waals surface area contributed by atoms with Crippen LogP contribution < -0.4 is 43.1 Å². The van der Waals surface area contributed by atoms with Gasteiger partial charge in [0, 0.05) is 47.3 Å². The van der Waals surface area contributed by atoms with Gasteiger partial charge in [-0.1, -0.05) is 24.3 Å². The number of hydrogen-bond acceptors (Lipinski definition) is 0. The molecule has 0 spiro atoms. The Kier molecular flexibility index (Phi) is 8.45. The first-order chi connectivity index (χ1) is 12.4. The first-order valence-corrected chi connectivity index (χ1v) is 9.24. The number of nitrogens with zero attached hydrogens (tertiary/aromatic N) is 2. The van der Waals surface area contributed by atoms with Gasteiger partial charge in [-0.2, -0.15) is 0 Å². The monoisotopic (exact) mass is 489 g/mol. The number of aryl methyl sites for hydroxylation is 2. The third-order valence-corrected chi connectivity index (χ3v) is 4.86. The Bertz CT molecular complexity index is 967. The molecule has 0 aliphatic carbocycles. The van der Waals surface area contributed by atoms with Gasteiger partial charge in [0.25, 0.3) is 0 Å². The van der Waals surface area contributed by atoms with Gasteiger partial charge in [0.2, 0.25) is 0 Å². The predicted molar refractivity (Wildman–Crippen MR) is 101 cm³/mol. The standard InChI is InChI=1S/C22H24N3.2BrH/c1(6-13-24-14-8-3-9-15-24)2-7-16-25-17-12-20-19-10-4-5-11-21(19)23-22(20)18-25;;/h3-5,8-12,14-15,17-18H,1-2,6-7,13,16H2;2*1H/q+1;;/p-1. The lowest BCUT2D eigenvalue weighted by Crippen LogP contribution is -3.00. The molecule has 5 heteroatoms. The van der Waals surface area contributed by atoms with E-state index in [9.17, 15) is 0 Å². The number of aromatic nitrogens is 3. The molecule has 142 valence electrons. The van der Waals surface area contributed by atoms with Crippen LogP contribution in [0.5, 0.6) is 0 Å². The Balaban J connectivity index is 0.00000131. The first kappa shape index (κ1) is 21.6. The van der Waals surface area contributed by atoms with Crippen molar-refractivity contribution in [1.82, 2.24) is 4.98 Å². The van der Waals surface area contributed by atoms with Gasteiger partial charge in [-0.05, 0) is 18.9 Å². The summed E-state index contributed by atoms with van der Waals surface area (Å²) >= 11 is 0. The topological polar surface area (TPSA) is 23.5 Å². The number of nitrogens with one attached hydrogen (secondary N) is 1. The van der Waals surface area contributed by atoms with Crippen molar-refractivity contribution in [3.05, 3.63) is 73.3 Å². The fourth-order valence-corrected chi connectivity index (χ4v) is 3.51. The number of rotatable bonds is 7. The van der Waals surface area contributed by atoms with Crippen molar-refractivity contribution in [2.24, 2.45) is 0 Å². The summed E-state index contributed by atoms with van der Waals surface area (Å²) in [6.45, 7) is 2.21. The third-order valence-electron chi connectivity index (χ3n) is 4.86. The van der Waals surface area contributed by atoms with E-state index in [1.54, 1.807) is 0 Å². The molecule has 0 saturated carbocycles. The molecule has 4 rings (SSSR count). The highest BCUT2D eigenvalue weighted by molar-refractivity contribution is 6.06. The van der Waals surface area contributed by atoms with Crippen molar-refractivity contribution < 1.29 is 43.1 Å². The zero-order valence-electron chi connectivity index (χ0n) is 15.3. The van der Waals surface area contributed by atoms with Crippen LogP contribution in [0.4, 0.5) is 0 Å². The van der Waals surface area contributed by atoms with E-state index in [1.807, 2.05) is 0 Å². The predicted octanol–water partition coefficient (Wildman–Crippen LogP) is -1.84. The van der Waals surface area contributed by atoms with Crippen LogP contribution in [0.25, 0.3) is 21.8 Å². The Morgan fingerprint density at radius 2 is 1.26 bits per heavy atom. The number of unbranched alkanes of at least 4 members (excludes halogenated alkanes) is 3. The largest absolute Gasteiger partial charge is 1.00 e. The molecule has 4 aromatic rings. The molecular formula is C22H25Br2N3. The van der Waals surface area contributed by atoms with Gasteiger partial charge in [0.15, 0.2) is 24.8 Å². The molecule has 1 N–H and O–H groups in total. The Labute approximate surface area is 181 Å². The van der Waals surface area contributed by atoms with Gasteiger partial charge in [0.05, 0.1) is 0 Å². The fourth-order valence-electron chi connectivity index (χ4n) is 3.51. The van der Waals surface area contributed by atoms with Crippen molar-refractivity contribution in [2.45, 2.75) is 38.8 Å². The van der Waals surface area contributed by atoms with Gasteiger partial charge >= 0.3 is 0 Å². The van der Waals surface area contributed by atoms with Gasteiger partial charge in [-0.15, -0.1) is 0 Å². The molecule has 0 amide bonds. The number of hydrogen-bond donors (Lipinski definition) is 1. The van der Waals surface area contributed by atoms with E-state index in [4.69, 9.17) is 0 Å². The number of halogens is 2. The molecule has 1 aromatic carbocycles. The summed E-state index contributed by atoms with van der Waals surface area (Å²) in [6.07, 6.45) is 13.8. The minimum Gasteiger partial charge on any atom is -1.00 e. The average molecular weight is 491 g/mol. The summed E-state index contributed by atoms with van der Waals surface area (Å²) in [5.41, 5.74) is 2.44. The smallest absolute Gasteiger partial charge is 0.193 e. The Morgan fingerprint density at radius 3 is 2.04 bits per heavy atom. The normalized spacial score (nSPS) is 10.5. The molecule has 0 unspecified atom stereocenters. The molecule has 3 heterocycles. The van der Waals surface area contributed by atoms with E-state index in [-0.39, 0.29) is 34.0 Å². The molecule has 3 nitrogen and oxygen atoms in total. The SMILES string of the molecule is [Br-].[Br-].c1cc[n+](CCCCCC[n+]2ccc3c(c2)[nH]c2ccccc23)cc1. The van der Waals surface area contributed by atoms with Crippen molar-refractivity contribution in [3.8, 4) is 0 Å². The molecule has 0 atom stereocenters. The number of para-hydroxylation sites is 1. The van der Waals surface area contributed by atoms with E-state index in [2.05, 4.69) is 87.4 Å². The van der Waals surface area contributed by atoms with Crippen LogP contribution in [0.3, 0.4) is 0 Å². The zero-order valence-corrected chi connectivity index (χ0v) is 18.5. The lowest BCUT2D eigenvalue weighted by atomic mass is 10.2. The maximum absolute atomic E-state index is 3.52. The minimum atomic E-state index is 0. The second-order valence-corrected chi connectivity index (χ2v) is 6.71. The van der Waals surface area contributed by atoms with Crippen molar-refractivity contribution in [2.75, 3.05) is 0 Å². The number of pyridine rings is 2. The second-order valence-electron chi connectivity index (χ2n) is 6.71. The van der Waals surface area contributed by atoms with Crippen LogP contribution in [0.15, 0.2) is 73.3 Å². The Hall–Kier alpha value is -1.72. The van der Waals surface area contributed by atoms with E-state index in [1.165, 1.54) is 47.5 Å². The van der Waals surface area contributed by atoms with E-state index < -0.39 is 0 Å². The second kappa shape index (κ2) is 10.6. The summed E-state index contributed by atoms with van der Waals surface area (Å²) in [7, 11) is 0. The summed E-state index contributed by atoms with van der Waals surface area (Å²) in [5.74, 6) is 0. The highest BCUT2D eigenvalue weighted by atomic mass is 79.9. The molecule has 27 heavy (non-hydrogen) atoms. The molecule has 0 saturated heterocycles. The molecular weight excluding hydrogens is 466 g/mol. The quantitative estimate of drug-likeness (QED) is 0.233. The lowest BCUT2D eigenvalue weighted by molar-refractivity contribution is -0.698. The number of benzene rings is 1. The molecule has 0 aliphatic heterocycles. The van der Waals surface area contributed by atoms with Crippen molar-refractivity contribution in [3.63, 3.8) is 0 Å². The summed E-state index contributed by atoms with van der Waals surface area (Å²) < 4.78 is 4.57. The van der Waals surface area contributed by atoms with Crippen LogP contribution in [0, 0.1) is 0 Å². The maximum atomic E-state index is 3.52. The molecule has 0 bridgehead atoms. The van der Waals surface area contributed by atoms with Crippen molar-refractivity contribution in [1.29, 1.82) is 0 Å². The van der Waals surface area contributed by atoms with Gasteiger partial charge in [-0.25, -0.2) is 9.13 Å². The van der Waals surface area contributed by atoms with Gasteiger partial charge < -0.3 is 38.9 Å².